The minimum Gasteiger partial charge on any atom is -0.393 e. The van der Waals surface area contributed by atoms with Crippen LogP contribution in [0.1, 0.15) is 66.7 Å². The monoisotopic (exact) mass is 241 g/mol. The van der Waals surface area contributed by atoms with Crippen molar-refractivity contribution >= 4 is 0 Å². The fourth-order valence-corrected chi connectivity index (χ4v) is 3.48. The van der Waals surface area contributed by atoms with Gasteiger partial charge in [-0.1, -0.05) is 20.3 Å². The van der Waals surface area contributed by atoms with E-state index in [1.165, 1.54) is 19.3 Å². The van der Waals surface area contributed by atoms with Crippen molar-refractivity contribution in [3.8, 4) is 0 Å². The first-order valence-corrected chi connectivity index (χ1v) is 7.35. The first kappa shape index (κ1) is 15.0. The molecule has 2 heteroatoms. The Kier molecular flexibility index (Phi) is 5.46. The Morgan fingerprint density at radius 3 is 2.29 bits per heavy atom. The van der Waals surface area contributed by atoms with Crippen molar-refractivity contribution in [1.82, 2.24) is 4.90 Å². The van der Waals surface area contributed by atoms with Crippen molar-refractivity contribution in [2.45, 2.75) is 84.4 Å². The third-order valence-corrected chi connectivity index (χ3v) is 4.19. The van der Waals surface area contributed by atoms with Crippen molar-refractivity contribution in [2.75, 3.05) is 6.54 Å². The van der Waals surface area contributed by atoms with Gasteiger partial charge in [-0.15, -0.1) is 0 Å². The maximum absolute atomic E-state index is 9.95. The van der Waals surface area contributed by atoms with Crippen LogP contribution in [0.4, 0.5) is 0 Å². The van der Waals surface area contributed by atoms with Crippen LogP contribution in [0, 0.1) is 5.92 Å². The lowest BCUT2D eigenvalue weighted by atomic mass is 9.78. The predicted octanol–water partition coefficient (Wildman–Crippen LogP) is 3.44. The zero-order valence-corrected chi connectivity index (χ0v) is 12.4. The van der Waals surface area contributed by atoms with Crippen molar-refractivity contribution in [1.29, 1.82) is 0 Å². The molecule has 1 fully saturated rings. The molecule has 0 aromatic carbocycles. The van der Waals surface area contributed by atoms with Crippen LogP contribution in [0.5, 0.6) is 0 Å². The largest absolute Gasteiger partial charge is 0.393 e. The van der Waals surface area contributed by atoms with Gasteiger partial charge in [0, 0.05) is 11.6 Å². The maximum atomic E-state index is 9.95. The van der Waals surface area contributed by atoms with Crippen LogP contribution in [0.3, 0.4) is 0 Å². The van der Waals surface area contributed by atoms with Crippen LogP contribution in [0.25, 0.3) is 0 Å². The molecule has 1 N–H and O–H groups in total. The highest BCUT2D eigenvalue weighted by molar-refractivity contribution is 4.91. The molecule has 0 aromatic rings. The summed E-state index contributed by atoms with van der Waals surface area (Å²) < 4.78 is 0. The summed E-state index contributed by atoms with van der Waals surface area (Å²) in [6, 6.07) is 0.573. The third kappa shape index (κ3) is 3.96. The van der Waals surface area contributed by atoms with Gasteiger partial charge in [-0.2, -0.15) is 0 Å². The number of rotatable bonds is 4. The van der Waals surface area contributed by atoms with Gasteiger partial charge in [0.25, 0.3) is 0 Å². The molecule has 0 amide bonds. The molecule has 1 saturated carbocycles. The van der Waals surface area contributed by atoms with E-state index in [-0.39, 0.29) is 11.6 Å². The molecule has 17 heavy (non-hydrogen) atoms. The minimum absolute atomic E-state index is 0.0792. The van der Waals surface area contributed by atoms with E-state index in [2.05, 4.69) is 39.5 Å². The Morgan fingerprint density at radius 2 is 1.82 bits per heavy atom. The number of aliphatic hydroxyl groups is 1. The zero-order chi connectivity index (χ0) is 13.1. The predicted molar refractivity (Wildman–Crippen MR) is 74.2 cm³/mol. The number of nitrogens with zero attached hydrogens (tertiary/aromatic N) is 1. The number of aliphatic hydroxyl groups excluding tert-OH is 1. The Morgan fingerprint density at radius 1 is 1.18 bits per heavy atom. The summed E-state index contributed by atoms with van der Waals surface area (Å²) in [7, 11) is 0. The molecule has 0 radical (unpaired) electrons. The lowest BCUT2D eigenvalue weighted by Crippen LogP contribution is -2.53. The zero-order valence-electron chi connectivity index (χ0n) is 12.4. The van der Waals surface area contributed by atoms with Crippen molar-refractivity contribution in [2.24, 2.45) is 5.92 Å². The van der Waals surface area contributed by atoms with E-state index in [1.54, 1.807) is 0 Å². The first-order valence-electron chi connectivity index (χ1n) is 7.35. The molecule has 1 rings (SSSR count). The molecular formula is C15H31NO. The van der Waals surface area contributed by atoms with Gasteiger partial charge >= 0.3 is 0 Å². The van der Waals surface area contributed by atoms with E-state index in [0.29, 0.717) is 6.04 Å². The van der Waals surface area contributed by atoms with E-state index in [1.807, 2.05) is 0 Å². The first-order chi connectivity index (χ1) is 7.90. The smallest absolute Gasteiger partial charge is 0.0555 e. The second kappa shape index (κ2) is 6.19. The quantitative estimate of drug-likeness (QED) is 0.815. The molecule has 1 aliphatic rings. The van der Waals surface area contributed by atoms with Gasteiger partial charge in [-0.05, 0) is 58.9 Å². The summed E-state index contributed by atoms with van der Waals surface area (Å²) in [6.07, 6.45) is 5.66. The molecule has 3 atom stereocenters. The molecular weight excluding hydrogens is 210 g/mol. The van der Waals surface area contributed by atoms with Crippen LogP contribution in [0.15, 0.2) is 0 Å². The van der Waals surface area contributed by atoms with Crippen LogP contribution in [-0.2, 0) is 0 Å². The summed E-state index contributed by atoms with van der Waals surface area (Å²) >= 11 is 0. The average molecular weight is 241 g/mol. The lowest BCUT2D eigenvalue weighted by Gasteiger charge is -2.47. The van der Waals surface area contributed by atoms with E-state index in [9.17, 15) is 5.11 Å². The van der Waals surface area contributed by atoms with Crippen LogP contribution >= 0.6 is 0 Å². The van der Waals surface area contributed by atoms with Crippen molar-refractivity contribution < 1.29 is 5.11 Å². The summed E-state index contributed by atoms with van der Waals surface area (Å²) in [5, 5.41) is 9.95. The Balaban J connectivity index is 2.79. The van der Waals surface area contributed by atoms with Gasteiger partial charge in [0.2, 0.25) is 0 Å². The standard InChI is InChI=1S/C15H31NO/c1-6-8-12-9-10-13(17)11-14(12)16(7-2)15(3,4)5/h12-14,17H,6-11H2,1-5H3. The van der Waals surface area contributed by atoms with Crippen LogP contribution in [-0.4, -0.2) is 34.2 Å². The number of hydrogen-bond acceptors (Lipinski definition) is 2. The summed E-state index contributed by atoms with van der Waals surface area (Å²) in [6.45, 7) is 12.5. The van der Waals surface area contributed by atoms with Crippen LogP contribution < -0.4 is 0 Å². The summed E-state index contributed by atoms with van der Waals surface area (Å²) in [4.78, 5) is 2.59. The Bertz CT molecular complexity index is 221. The Hall–Kier alpha value is -0.0800. The minimum atomic E-state index is -0.0792. The van der Waals surface area contributed by atoms with Gasteiger partial charge < -0.3 is 5.11 Å². The highest BCUT2D eigenvalue weighted by Crippen LogP contribution is 2.34. The molecule has 0 spiro atoms. The van der Waals surface area contributed by atoms with Gasteiger partial charge in [0.15, 0.2) is 0 Å². The van der Waals surface area contributed by atoms with E-state index < -0.39 is 0 Å². The van der Waals surface area contributed by atoms with Gasteiger partial charge in [0.1, 0.15) is 0 Å². The molecule has 0 saturated heterocycles. The highest BCUT2D eigenvalue weighted by Gasteiger charge is 2.36. The van der Waals surface area contributed by atoms with E-state index >= 15 is 0 Å². The van der Waals surface area contributed by atoms with Gasteiger partial charge in [-0.25, -0.2) is 0 Å². The van der Waals surface area contributed by atoms with E-state index in [0.717, 1.165) is 25.3 Å². The lowest BCUT2D eigenvalue weighted by molar-refractivity contribution is -0.0140. The van der Waals surface area contributed by atoms with Crippen LogP contribution in [0.2, 0.25) is 0 Å². The molecule has 3 unspecified atom stereocenters. The van der Waals surface area contributed by atoms with Gasteiger partial charge in [0.05, 0.1) is 6.10 Å². The topological polar surface area (TPSA) is 23.5 Å². The molecule has 0 heterocycles. The van der Waals surface area contributed by atoms with Crippen molar-refractivity contribution in [3.63, 3.8) is 0 Å². The average Bonchev–Trinajstić information content (AvgIpc) is 2.21. The summed E-state index contributed by atoms with van der Waals surface area (Å²) in [5.41, 5.74) is 0.211. The second-order valence-electron chi connectivity index (χ2n) is 6.54. The molecule has 0 aromatic heterocycles. The van der Waals surface area contributed by atoms with Crippen molar-refractivity contribution in [3.05, 3.63) is 0 Å². The fourth-order valence-electron chi connectivity index (χ4n) is 3.48. The SMILES string of the molecule is CCCC1CCC(O)CC1N(CC)C(C)(C)C. The number of hydrogen-bond donors (Lipinski definition) is 1. The maximum Gasteiger partial charge on any atom is 0.0555 e. The fraction of sp³-hybridized carbons (Fsp3) is 1.00. The molecule has 1 aliphatic carbocycles. The highest BCUT2D eigenvalue weighted by atomic mass is 16.3. The van der Waals surface area contributed by atoms with Gasteiger partial charge in [-0.3, -0.25) is 4.90 Å². The third-order valence-electron chi connectivity index (χ3n) is 4.19. The summed E-state index contributed by atoms with van der Waals surface area (Å²) in [5.74, 6) is 0.780. The molecule has 0 aliphatic heterocycles. The molecule has 0 bridgehead atoms. The molecule has 2 nitrogen and oxygen atoms in total. The van der Waals surface area contributed by atoms with E-state index in [4.69, 9.17) is 0 Å². The second-order valence-corrected chi connectivity index (χ2v) is 6.54. The normalized spacial score (nSPS) is 30.9. The Labute approximate surface area is 107 Å². The molecule has 102 valence electrons.